The number of thioether (sulfide) groups is 1. The minimum atomic E-state index is -1.26. The standard InChI is InChI=1S/C34H28N2O4S2/c1-5-6-30(20-25(22-35)34(37)38)42-33-16-14-29(41-33)13-9-24-7-10-26(11-8-24)36-18-17-28(40-4)19-23(2)31-21-27(39-3)12-15-32(31)36/h5-21H,1-2H2,3-4H3,(H,37,38)/b13-9+,18-17-,25-20+,28-19+,30-6-. The van der Waals surface area contributed by atoms with Crippen LogP contribution in [0, 0.1) is 11.3 Å². The number of ether oxygens (including phenoxy) is 2. The molecule has 1 aromatic heterocycles. The van der Waals surface area contributed by atoms with E-state index >= 15 is 0 Å². The average molecular weight is 593 g/mol. The van der Waals surface area contributed by atoms with E-state index in [0.29, 0.717) is 10.7 Å². The lowest BCUT2D eigenvalue weighted by molar-refractivity contribution is -0.132. The van der Waals surface area contributed by atoms with Gasteiger partial charge in [-0.2, -0.15) is 5.26 Å². The summed E-state index contributed by atoms with van der Waals surface area (Å²) >= 11 is 2.95. The first-order valence-electron chi connectivity index (χ1n) is 12.7. The average Bonchev–Trinajstić information content (AvgIpc) is 3.44. The van der Waals surface area contributed by atoms with Gasteiger partial charge in [0.25, 0.3) is 0 Å². The van der Waals surface area contributed by atoms with Gasteiger partial charge in [-0.3, -0.25) is 0 Å². The Hall–Kier alpha value is -4.97. The zero-order chi connectivity index (χ0) is 30.1. The number of benzene rings is 2. The molecule has 0 unspecified atom stereocenters. The highest BCUT2D eigenvalue weighted by Crippen LogP contribution is 2.38. The molecule has 4 rings (SSSR count). The number of fused-ring (bicyclic) bond motifs is 1. The number of methoxy groups -OCH3 is 2. The van der Waals surface area contributed by atoms with Crippen molar-refractivity contribution >= 4 is 58.2 Å². The van der Waals surface area contributed by atoms with Crippen LogP contribution in [-0.4, -0.2) is 25.3 Å². The van der Waals surface area contributed by atoms with E-state index in [0.717, 1.165) is 42.9 Å². The van der Waals surface area contributed by atoms with Gasteiger partial charge in [0.05, 0.1) is 24.1 Å². The number of carboxylic acids is 1. The molecule has 0 aliphatic carbocycles. The highest BCUT2D eigenvalue weighted by Gasteiger charge is 2.17. The molecule has 0 saturated heterocycles. The summed E-state index contributed by atoms with van der Waals surface area (Å²) in [6, 6.07) is 19.8. The van der Waals surface area contributed by atoms with E-state index in [-0.39, 0.29) is 5.57 Å². The second-order valence-electron chi connectivity index (χ2n) is 8.81. The fourth-order valence-corrected chi connectivity index (χ4v) is 6.11. The van der Waals surface area contributed by atoms with Crippen molar-refractivity contribution in [2.24, 2.45) is 0 Å². The summed E-state index contributed by atoms with van der Waals surface area (Å²) in [5.74, 6) is 0.184. The van der Waals surface area contributed by atoms with Crippen LogP contribution >= 0.6 is 23.1 Å². The maximum Gasteiger partial charge on any atom is 0.346 e. The van der Waals surface area contributed by atoms with Crippen LogP contribution in [0.25, 0.3) is 17.7 Å². The Morgan fingerprint density at radius 1 is 1.10 bits per heavy atom. The van der Waals surface area contributed by atoms with Gasteiger partial charge in [0.15, 0.2) is 0 Å². The number of nitrogens with zero attached hydrogens (tertiary/aromatic N) is 2. The predicted molar refractivity (Wildman–Crippen MR) is 174 cm³/mol. The van der Waals surface area contributed by atoms with E-state index in [9.17, 15) is 4.79 Å². The summed E-state index contributed by atoms with van der Waals surface area (Å²) in [5.41, 5.74) is 4.41. The highest BCUT2D eigenvalue weighted by molar-refractivity contribution is 8.05. The van der Waals surface area contributed by atoms with Crippen molar-refractivity contribution in [1.29, 1.82) is 5.26 Å². The number of aliphatic carboxylic acids is 1. The third-order valence-electron chi connectivity index (χ3n) is 6.10. The molecule has 210 valence electrons. The molecule has 0 bridgehead atoms. The minimum Gasteiger partial charge on any atom is -0.497 e. The highest BCUT2D eigenvalue weighted by atomic mass is 32.2. The van der Waals surface area contributed by atoms with Crippen LogP contribution < -0.4 is 9.64 Å². The van der Waals surface area contributed by atoms with Crippen molar-refractivity contribution in [2.45, 2.75) is 4.21 Å². The lowest BCUT2D eigenvalue weighted by Crippen LogP contribution is -2.12. The van der Waals surface area contributed by atoms with Crippen LogP contribution in [0.3, 0.4) is 0 Å². The van der Waals surface area contributed by atoms with E-state index in [4.69, 9.17) is 19.8 Å². The third-order valence-corrected chi connectivity index (χ3v) is 8.27. The summed E-state index contributed by atoms with van der Waals surface area (Å²) in [5, 5.41) is 18.2. The summed E-state index contributed by atoms with van der Waals surface area (Å²) in [6.07, 6.45) is 14.5. The molecular weight excluding hydrogens is 565 g/mol. The Labute approximate surface area is 253 Å². The Morgan fingerprint density at radius 3 is 2.55 bits per heavy atom. The smallest absolute Gasteiger partial charge is 0.346 e. The molecule has 0 atom stereocenters. The Kier molecular flexibility index (Phi) is 10.1. The van der Waals surface area contributed by atoms with Gasteiger partial charge in [-0.05, 0) is 84.0 Å². The largest absolute Gasteiger partial charge is 0.497 e. The van der Waals surface area contributed by atoms with Crippen LogP contribution in [0.2, 0.25) is 0 Å². The molecule has 2 aromatic carbocycles. The van der Waals surface area contributed by atoms with Gasteiger partial charge in [-0.25, -0.2) is 4.79 Å². The molecule has 2 heterocycles. The molecule has 0 radical (unpaired) electrons. The normalized spacial score (nSPS) is 15.6. The molecule has 0 saturated carbocycles. The van der Waals surface area contributed by atoms with Gasteiger partial charge in [0.1, 0.15) is 23.2 Å². The van der Waals surface area contributed by atoms with Crippen LogP contribution in [0.4, 0.5) is 11.4 Å². The predicted octanol–water partition coefficient (Wildman–Crippen LogP) is 8.83. The first-order valence-corrected chi connectivity index (χ1v) is 14.3. The molecule has 1 aliphatic heterocycles. The quantitative estimate of drug-likeness (QED) is 0.109. The van der Waals surface area contributed by atoms with Crippen molar-refractivity contribution in [1.82, 2.24) is 0 Å². The first kappa shape index (κ1) is 30.0. The fraction of sp³-hybridized carbons (Fsp3) is 0.0588. The van der Waals surface area contributed by atoms with E-state index in [1.807, 2.05) is 60.8 Å². The van der Waals surface area contributed by atoms with Crippen molar-refractivity contribution in [2.75, 3.05) is 19.1 Å². The topological polar surface area (TPSA) is 82.8 Å². The third kappa shape index (κ3) is 7.40. The molecule has 6 nitrogen and oxygen atoms in total. The zero-order valence-electron chi connectivity index (χ0n) is 23.1. The second-order valence-corrected chi connectivity index (χ2v) is 11.3. The first-order chi connectivity index (χ1) is 20.3. The number of allylic oxidation sites excluding steroid dienone is 6. The molecule has 0 spiro atoms. The molecule has 1 aliphatic rings. The molecule has 42 heavy (non-hydrogen) atoms. The number of hydrogen-bond acceptors (Lipinski definition) is 7. The molecule has 3 aromatic rings. The number of nitriles is 1. The summed E-state index contributed by atoms with van der Waals surface area (Å²) in [6.45, 7) is 7.93. The van der Waals surface area contributed by atoms with Crippen LogP contribution in [0.1, 0.15) is 16.0 Å². The number of carbonyl (C=O) groups is 1. The van der Waals surface area contributed by atoms with Crippen molar-refractivity contribution < 1.29 is 19.4 Å². The van der Waals surface area contributed by atoms with Gasteiger partial charge >= 0.3 is 5.97 Å². The molecule has 8 heteroatoms. The van der Waals surface area contributed by atoms with Gasteiger partial charge in [-0.1, -0.05) is 49.2 Å². The van der Waals surface area contributed by atoms with E-state index in [1.54, 1.807) is 43.8 Å². The lowest BCUT2D eigenvalue weighted by atomic mass is 10.0. The summed E-state index contributed by atoms with van der Waals surface area (Å²) < 4.78 is 11.9. The Balaban J connectivity index is 1.54. The number of carboxylic acid groups (broad SMARTS) is 1. The number of thiophene rings is 1. The number of hydrogen-bond donors (Lipinski definition) is 1. The van der Waals surface area contributed by atoms with Crippen molar-refractivity contribution in [3.8, 4) is 11.8 Å². The van der Waals surface area contributed by atoms with Gasteiger partial charge < -0.3 is 19.5 Å². The lowest BCUT2D eigenvalue weighted by Gasteiger charge is -2.26. The van der Waals surface area contributed by atoms with Crippen LogP contribution in [0.5, 0.6) is 5.75 Å². The molecular formula is C34H28N2O4S2. The van der Waals surface area contributed by atoms with Gasteiger partial charge in [0.2, 0.25) is 0 Å². The van der Waals surface area contributed by atoms with Gasteiger partial charge in [-0.15, -0.1) is 11.3 Å². The van der Waals surface area contributed by atoms with Gasteiger partial charge in [0, 0.05) is 27.2 Å². The maximum atomic E-state index is 11.2. The zero-order valence-corrected chi connectivity index (χ0v) is 24.7. The maximum absolute atomic E-state index is 11.2. The second kappa shape index (κ2) is 14.1. The summed E-state index contributed by atoms with van der Waals surface area (Å²) in [7, 11) is 3.28. The Bertz CT molecular complexity index is 1700. The summed E-state index contributed by atoms with van der Waals surface area (Å²) in [4.78, 5) is 15.0. The van der Waals surface area contributed by atoms with Crippen molar-refractivity contribution in [3.63, 3.8) is 0 Å². The number of rotatable bonds is 10. The van der Waals surface area contributed by atoms with E-state index in [1.165, 1.54) is 17.8 Å². The van der Waals surface area contributed by atoms with Crippen LogP contribution in [-0.2, 0) is 9.53 Å². The SMILES string of the molecule is C=C/C=C(/C=C(\C#N)C(=O)O)Sc1ccc(/C=C/c2ccc(N3/C=C\C(OC)=C/C(=C)c4cc(OC)ccc43)cc2)s1. The molecule has 0 amide bonds. The number of anilines is 2. The molecule has 0 fully saturated rings. The van der Waals surface area contributed by atoms with E-state index < -0.39 is 5.97 Å². The minimum absolute atomic E-state index is 0.328. The monoisotopic (exact) mass is 592 g/mol. The Morgan fingerprint density at radius 2 is 1.88 bits per heavy atom. The fourth-order valence-electron chi connectivity index (χ4n) is 4.02. The molecule has 1 N–H and O–H groups in total. The van der Waals surface area contributed by atoms with Crippen LogP contribution in [0.15, 0.2) is 125 Å². The van der Waals surface area contributed by atoms with E-state index in [2.05, 4.69) is 42.3 Å². The van der Waals surface area contributed by atoms with Crippen molar-refractivity contribution in [3.05, 3.63) is 137 Å².